The van der Waals surface area contributed by atoms with Gasteiger partial charge in [0, 0.05) is 0 Å². The summed E-state index contributed by atoms with van der Waals surface area (Å²) in [6, 6.07) is 54.8. The van der Waals surface area contributed by atoms with Crippen LogP contribution in [0.4, 0.5) is 0 Å². The Morgan fingerprint density at radius 2 is 0.759 bits per heavy atom. The summed E-state index contributed by atoms with van der Waals surface area (Å²) >= 11 is -7.63. The first-order chi connectivity index (χ1) is 27.2. The number of hydrogen-bond donors (Lipinski definition) is 0. The van der Waals surface area contributed by atoms with Crippen molar-refractivity contribution in [2.75, 3.05) is 0 Å². The van der Waals surface area contributed by atoms with Crippen LogP contribution in [0.3, 0.4) is 0 Å². The molecule has 0 aliphatic rings. The summed E-state index contributed by atoms with van der Waals surface area (Å²) < 4.78 is 6.30. The molecule has 0 bridgehead atoms. The molecule has 0 unspecified atom stereocenters. The van der Waals surface area contributed by atoms with E-state index in [1.54, 1.807) is 14.3 Å². The van der Waals surface area contributed by atoms with Crippen LogP contribution in [0.5, 0.6) is 0 Å². The minimum atomic E-state index is -2.13. The van der Waals surface area contributed by atoms with E-state index < -0.39 is 73.5 Å². The molecule has 0 heterocycles. The van der Waals surface area contributed by atoms with Crippen molar-refractivity contribution in [1.82, 2.24) is 0 Å². The summed E-state index contributed by atoms with van der Waals surface area (Å²) in [7, 11) is 0. The van der Waals surface area contributed by atoms with Crippen LogP contribution in [-0.4, -0.2) is 73.5 Å². The zero-order chi connectivity index (χ0) is 43.1. The number of benzene rings is 6. The average Bonchev–Trinajstić information content (AvgIpc) is 3.21. The van der Waals surface area contributed by atoms with Crippen LogP contribution in [-0.2, 0) is 0 Å². The van der Waals surface area contributed by atoms with Crippen molar-refractivity contribution in [3.05, 3.63) is 188 Å². The van der Waals surface area contributed by atoms with Gasteiger partial charge in [-0.05, 0) is 0 Å². The van der Waals surface area contributed by atoms with Crippen LogP contribution >= 0.6 is 0 Å². The number of hydrogen-bond acceptors (Lipinski definition) is 0. The van der Waals surface area contributed by atoms with Crippen molar-refractivity contribution in [3.63, 3.8) is 0 Å². The summed E-state index contributed by atoms with van der Waals surface area (Å²) in [5, 5.41) is 0. The van der Waals surface area contributed by atoms with Gasteiger partial charge in [0.2, 0.25) is 0 Å². The Morgan fingerprint density at radius 1 is 0.310 bits per heavy atom. The molecule has 4 heteroatoms. The second-order valence-electron chi connectivity index (χ2n) is 19.0. The number of rotatable bonds is 9. The third-order valence-electron chi connectivity index (χ3n) is 10.0. The van der Waals surface area contributed by atoms with E-state index in [4.69, 9.17) is 0 Å². The fourth-order valence-corrected chi connectivity index (χ4v) is 21.1. The molecule has 0 spiro atoms. The van der Waals surface area contributed by atoms with Gasteiger partial charge in [0.05, 0.1) is 0 Å². The van der Waals surface area contributed by atoms with Crippen molar-refractivity contribution in [3.8, 4) is 22.3 Å². The molecule has 6 aromatic rings. The quantitative estimate of drug-likeness (QED) is 0.127. The molecule has 6 rings (SSSR count). The standard InChI is InChI=1S/C18H13.3C8H7.12CH3.4Sn/c1-3-8-15(9-4-1)17-12-7-13-18(14-17)16-10-5-2-6-11-16;3*1-2-8-6-4-3-5-7-8;;;;;;;;;;;;;;;;/h1-6,8-14H;2,4-7H,1H2;2-4,6-7H,1H2;2-6H,1H2;12*1H3;;;;. The molecule has 0 atom stereocenters. The van der Waals surface area contributed by atoms with Gasteiger partial charge in [-0.15, -0.1) is 0 Å². The molecule has 0 aromatic heterocycles. The van der Waals surface area contributed by atoms with Crippen molar-refractivity contribution < 1.29 is 0 Å². The predicted molar refractivity (Wildman–Crippen MR) is 279 cm³/mol. The monoisotopic (exact) mass is 1200 g/mol. The van der Waals surface area contributed by atoms with Gasteiger partial charge >= 0.3 is 376 Å². The first-order valence-electron chi connectivity index (χ1n) is 20.6. The maximum absolute atomic E-state index is 3.84. The van der Waals surface area contributed by atoms with Crippen LogP contribution in [0.15, 0.2) is 171 Å². The Morgan fingerprint density at radius 3 is 1.16 bits per heavy atom. The molecule has 0 nitrogen and oxygen atoms in total. The minimum absolute atomic E-state index is 1.22. The Balaban J connectivity index is 0.000000217. The second kappa shape index (κ2) is 23.1. The van der Waals surface area contributed by atoms with E-state index in [1.807, 2.05) is 18.2 Å². The fraction of sp³-hybridized carbons (Fsp3) is 0.222. The van der Waals surface area contributed by atoms with E-state index >= 15 is 0 Å². The summed E-state index contributed by atoms with van der Waals surface area (Å²) in [5.41, 5.74) is 9.08. The van der Waals surface area contributed by atoms with Gasteiger partial charge in [0.15, 0.2) is 0 Å². The Labute approximate surface area is 371 Å². The molecule has 302 valence electrons. The Hall–Kier alpha value is -2.27. The topological polar surface area (TPSA) is 0 Å². The third kappa shape index (κ3) is 16.7. The van der Waals surface area contributed by atoms with Gasteiger partial charge in [-0.3, -0.25) is 0 Å². The van der Waals surface area contributed by atoms with Crippen LogP contribution in [0.25, 0.3) is 40.5 Å². The predicted octanol–water partition coefficient (Wildman–Crippen LogP) is 14.2. The summed E-state index contributed by atoms with van der Waals surface area (Å²) in [6.45, 7) is 11.4. The summed E-state index contributed by atoms with van der Waals surface area (Å²) in [6.07, 6.45) is 5.78. The van der Waals surface area contributed by atoms with Crippen LogP contribution in [0.1, 0.15) is 16.7 Å². The van der Waals surface area contributed by atoms with Gasteiger partial charge in [-0.1, -0.05) is 0 Å². The SMILES string of the molecule is C=Cc1cc[c]([Sn]([CH3])([CH3])[CH3])cc1.C=Cc1ccc[c]([Sn]([CH3])([CH3])[CH3])c1.C=Cc1cccc[c]1[Sn]([CH3])([CH3])[CH3].[CH3][Sn]([CH3])([CH3])[c]1cc(-c2ccccc2)cc(-c2ccccc2)c1. The van der Waals surface area contributed by atoms with Crippen LogP contribution in [0.2, 0.25) is 59.3 Å². The molecule has 0 radical (unpaired) electrons. The molecule has 6 aromatic carbocycles. The van der Waals surface area contributed by atoms with E-state index in [2.05, 4.69) is 231 Å². The molecule has 0 fully saturated rings. The molecule has 58 heavy (non-hydrogen) atoms. The van der Waals surface area contributed by atoms with Gasteiger partial charge in [-0.25, -0.2) is 0 Å². The van der Waals surface area contributed by atoms with Crippen molar-refractivity contribution in [2.45, 2.75) is 59.3 Å². The molecule has 0 saturated carbocycles. The van der Waals surface area contributed by atoms with Gasteiger partial charge in [-0.2, -0.15) is 0 Å². The van der Waals surface area contributed by atoms with Crippen LogP contribution < -0.4 is 14.3 Å². The molecule has 0 amide bonds. The fourth-order valence-electron chi connectivity index (χ4n) is 6.26. The molecular formula is C54H70Sn4. The summed E-state index contributed by atoms with van der Waals surface area (Å²) in [4.78, 5) is 29.3. The molecule has 0 aliphatic carbocycles. The Kier molecular flexibility index (Phi) is 19.9. The average molecular weight is 1190 g/mol. The van der Waals surface area contributed by atoms with E-state index in [1.165, 1.54) is 38.9 Å². The zero-order valence-electron chi connectivity index (χ0n) is 37.8. The molecule has 0 aliphatic heterocycles. The van der Waals surface area contributed by atoms with Crippen molar-refractivity contribution in [2.24, 2.45) is 0 Å². The normalized spacial score (nSPS) is 11.3. The first kappa shape index (κ1) is 50.1. The second-order valence-corrected chi connectivity index (χ2v) is 76.8. The maximum atomic E-state index is 3.84. The third-order valence-corrected chi connectivity index (χ3v) is 33.4. The van der Waals surface area contributed by atoms with Gasteiger partial charge in [0.25, 0.3) is 0 Å². The molecule has 0 N–H and O–H groups in total. The van der Waals surface area contributed by atoms with E-state index in [-0.39, 0.29) is 0 Å². The van der Waals surface area contributed by atoms with Gasteiger partial charge < -0.3 is 0 Å². The zero-order valence-corrected chi connectivity index (χ0v) is 49.2. The van der Waals surface area contributed by atoms with E-state index in [0.717, 1.165) is 0 Å². The van der Waals surface area contributed by atoms with Crippen molar-refractivity contribution >= 4 is 106 Å². The summed E-state index contributed by atoms with van der Waals surface area (Å²) in [5.74, 6) is 0. The van der Waals surface area contributed by atoms with Gasteiger partial charge in [0.1, 0.15) is 0 Å². The molecular weight excluding hydrogens is 1120 g/mol. The molecule has 0 saturated heterocycles. The first-order valence-corrected chi connectivity index (χ1v) is 60.6. The van der Waals surface area contributed by atoms with Crippen LogP contribution in [0, 0.1) is 0 Å². The van der Waals surface area contributed by atoms with E-state index in [9.17, 15) is 0 Å². The Bertz CT molecular complexity index is 2130. The van der Waals surface area contributed by atoms with E-state index in [0.29, 0.717) is 0 Å². The van der Waals surface area contributed by atoms with Crippen molar-refractivity contribution in [1.29, 1.82) is 0 Å².